The fourth-order valence-corrected chi connectivity index (χ4v) is 5.58. The molecule has 1 aromatic heterocycles. The second-order valence-corrected chi connectivity index (χ2v) is 9.48. The highest BCUT2D eigenvalue weighted by atomic mass is 32.2. The molecule has 1 N–H and O–H groups in total. The van der Waals surface area contributed by atoms with Crippen LogP contribution >= 0.6 is 0 Å². The van der Waals surface area contributed by atoms with E-state index in [-0.39, 0.29) is 17.6 Å². The van der Waals surface area contributed by atoms with Gasteiger partial charge in [0.2, 0.25) is 5.09 Å². The van der Waals surface area contributed by atoms with Crippen molar-refractivity contribution in [2.24, 2.45) is 0 Å². The molecule has 1 aliphatic carbocycles. The van der Waals surface area contributed by atoms with Gasteiger partial charge in [0.25, 0.3) is 10.0 Å². The standard InChI is InChI=1S/C21H26N2O5S/c1-2-27-20(24)21(13-16-7-3-4-8-17(16)14-21)22-15-18-9-10-19(28-18)29(25,26)23-11-5-6-12-23/h3-4,7-10,22H,2,5-6,11-15H2,1H3. The van der Waals surface area contributed by atoms with E-state index in [1.54, 1.807) is 13.0 Å². The van der Waals surface area contributed by atoms with Gasteiger partial charge in [0.05, 0.1) is 13.2 Å². The summed E-state index contributed by atoms with van der Waals surface area (Å²) in [7, 11) is -3.59. The van der Waals surface area contributed by atoms with Crippen molar-refractivity contribution >= 4 is 16.0 Å². The Morgan fingerprint density at radius 1 is 1.14 bits per heavy atom. The average Bonchev–Trinajstić information content (AvgIpc) is 3.46. The molecule has 1 aliphatic heterocycles. The Morgan fingerprint density at radius 3 is 2.41 bits per heavy atom. The molecule has 156 valence electrons. The summed E-state index contributed by atoms with van der Waals surface area (Å²) >= 11 is 0. The Kier molecular flexibility index (Phi) is 5.50. The van der Waals surface area contributed by atoms with Gasteiger partial charge in [0.1, 0.15) is 11.3 Å². The van der Waals surface area contributed by atoms with Gasteiger partial charge < -0.3 is 9.15 Å². The monoisotopic (exact) mass is 418 g/mol. The van der Waals surface area contributed by atoms with Gasteiger partial charge in [-0.2, -0.15) is 4.31 Å². The highest BCUT2D eigenvalue weighted by Crippen LogP contribution is 2.32. The maximum absolute atomic E-state index is 12.8. The number of hydrogen-bond donors (Lipinski definition) is 1. The van der Waals surface area contributed by atoms with Crippen molar-refractivity contribution < 1.29 is 22.4 Å². The molecule has 0 bridgehead atoms. The predicted molar refractivity (Wildman–Crippen MR) is 107 cm³/mol. The number of benzene rings is 1. The van der Waals surface area contributed by atoms with E-state index in [9.17, 15) is 13.2 Å². The topological polar surface area (TPSA) is 88.8 Å². The zero-order valence-electron chi connectivity index (χ0n) is 16.5. The number of ether oxygens (including phenoxy) is 1. The second kappa shape index (κ2) is 7.93. The minimum atomic E-state index is -3.59. The van der Waals surface area contributed by atoms with Crippen LogP contribution in [0, 0.1) is 0 Å². The van der Waals surface area contributed by atoms with Gasteiger partial charge in [0.15, 0.2) is 0 Å². The lowest BCUT2D eigenvalue weighted by Gasteiger charge is -2.27. The van der Waals surface area contributed by atoms with Gasteiger partial charge in [0, 0.05) is 25.9 Å². The molecule has 29 heavy (non-hydrogen) atoms. The molecule has 0 amide bonds. The predicted octanol–water partition coefficient (Wildman–Crippen LogP) is 2.25. The summed E-state index contributed by atoms with van der Waals surface area (Å²) in [5.74, 6) is 0.176. The third kappa shape index (κ3) is 3.84. The van der Waals surface area contributed by atoms with Gasteiger partial charge >= 0.3 is 5.97 Å². The molecule has 0 unspecified atom stereocenters. The number of esters is 1. The zero-order chi connectivity index (χ0) is 20.5. The minimum Gasteiger partial charge on any atom is -0.465 e. The number of rotatable bonds is 7. The Labute approximate surface area is 171 Å². The molecule has 8 heteroatoms. The fourth-order valence-electron chi connectivity index (χ4n) is 4.13. The second-order valence-electron chi connectivity index (χ2n) is 7.61. The summed E-state index contributed by atoms with van der Waals surface area (Å²) in [6, 6.07) is 11.1. The van der Waals surface area contributed by atoms with Crippen molar-refractivity contribution in [3.63, 3.8) is 0 Å². The normalized spacial score (nSPS) is 18.7. The first-order valence-electron chi connectivity index (χ1n) is 10.0. The van der Waals surface area contributed by atoms with Crippen molar-refractivity contribution in [3.05, 3.63) is 53.3 Å². The van der Waals surface area contributed by atoms with Crippen molar-refractivity contribution in [2.45, 2.75) is 49.8 Å². The van der Waals surface area contributed by atoms with Gasteiger partial charge in [-0.3, -0.25) is 10.1 Å². The third-order valence-electron chi connectivity index (χ3n) is 5.67. The number of nitrogens with one attached hydrogen (secondary N) is 1. The fraction of sp³-hybridized carbons (Fsp3) is 0.476. The van der Waals surface area contributed by atoms with E-state index in [4.69, 9.17) is 9.15 Å². The smallest absolute Gasteiger partial charge is 0.327 e. The molecular weight excluding hydrogens is 392 g/mol. The summed E-state index contributed by atoms with van der Waals surface area (Å²) in [5.41, 5.74) is 1.36. The first-order valence-corrected chi connectivity index (χ1v) is 11.5. The molecule has 1 aromatic carbocycles. The SMILES string of the molecule is CCOC(=O)C1(NCc2ccc(S(=O)(=O)N3CCCC3)o2)Cc2ccccc2C1. The maximum Gasteiger partial charge on any atom is 0.327 e. The minimum absolute atomic E-state index is 0.0453. The molecule has 1 saturated heterocycles. The number of furan rings is 1. The average molecular weight is 419 g/mol. The van der Waals surface area contributed by atoms with Gasteiger partial charge in [-0.25, -0.2) is 8.42 Å². The largest absolute Gasteiger partial charge is 0.465 e. The number of fused-ring (bicyclic) bond motifs is 1. The van der Waals surface area contributed by atoms with E-state index in [0.29, 0.717) is 38.3 Å². The number of carbonyl (C=O) groups is 1. The molecule has 0 radical (unpaired) electrons. The summed E-state index contributed by atoms with van der Waals surface area (Å²) in [6.07, 6.45) is 2.80. The molecule has 0 spiro atoms. The van der Waals surface area contributed by atoms with E-state index < -0.39 is 15.6 Å². The van der Waals surface area contributed by atoms with Crippen molar-refractivity contribution in [1.82, 2.24) is 9.62 Å². The number of sulfonamides is 1. The lowest BCUT2D eigenvalue weighted by molar-refractivity contribution is -0.151. The first kappa shape index (κ1) is 20.1. The highest BCUT2D eigenvalue weighted by Gasteiger charge is 2.45. The number of hydrogen-bond acceptors (Lipinski definition) is 6. The summed E-state index contributed by atoms with van der Waals surface area (Å²) in [6.45, 7) is 3.39. The Bertz CT molecular complexity index is 967. The van der Waals surface area contributed by atoms with E-state index in [2.05, 4.69) is 5.32 Å². The summed E-state index contributed by atoms with van der Waals surface area (Å²) < 4.78 is 37.7. The van der Waals surface area contributed by atoms with E-state index in [1.807, 2.05) is 24.3 Å². The van der Waals surface area contributed by atoms with Crippen LogP contribution in [0.1, 0.15) is 36.7 Å². The molecule has 2 aliphatic rings. The Hall–Kier alpha value is -2.16. The highest BCUT2D eigenvalue weighted by molar-refractivity contribution is 7.89. The number of nitrogens with zero attached hydrogens (tertiary/aromatic N) is 1. The first-order chi connectivity index (χ1) is 13.9. The van der Waals surface area contributed by atoms with Crippen molar-refractivity contribution in [1.29, 1.82) is 0 Å². The lowest BCUT2D eigenvalue weighted by atomic mass is 9.95. The zero-order valence-corrected chi connectivity index (χ0v) is 17.3. The van der Waals surface area contributed by atoms with Crippen LogP contribution in [0.4, 0.5) is 0 Å². The van der Waals surface area contributed by atoms with E-state index >= 15 is 0 Å². The lowest BCUT2D eigenvalue weighted by Crippen LogP contribution is -2.53. The third-order valence-corrected chi connectivity index (χ3v) is 7.44. The van der Waals surface area contributed by atoms with Crippen LogP contribution in [0.25, 0.3) is 0 Å². The van der Waals surface area contributed by atoms with Crippen LogP contribution in [-0.2, 0) is 38.9 Å². The molecule has 0 atom stereocenters. The van der Waals surface area contributed by atoms with Crippen molar-refractivity contribution in [3.8, 4) is 0 Å². The van der Waals surface area contributed by atoms with Gasteiger partial charge in [-0.15, -0.1) is 0 Å². The molecule has 2 heterocycles. The molecule has 7 nitrogen and oxygen atoms in total. The van der Waals surface area contributed by atoms with Crippen LogP contribution in [-0.4, -0.2) is 43.9 Å². The number of carbonyl (C=O) groups excluding carboxylic acids is 1. The summed E-state index contributed by atoms with van der Waals surface area (Å²) in [5, 5.41) is 3.26. The van der Waals surface area contributed by atoms with Gasteiger partial charge in [-0.1, -0.05) is 24.3 Å². The maximum atomic E-state index is 12.8. The van der Waals surface area contributed by atoms with E-state index in [1.165, 1.54) is 10.4 Å². The summed E-state index contributed by atoms with van der Waals surface area (Å²) in [4.78, 5) is 12.8. The van der Waals surface area contributed by atoms with Crippen molar-refractivity contribution in [2.75, 3.05) is 19.7 Å². The molecule has 0 saturated carbocycles. The Morgan fingerprint density at radius 2 is 1.79 bits per heavy atom. The van der Waals surface area contributed by atoms with Crippen LogP contribution < -0.4 is 5.32 Å². The quantitative estimate of drug-likeness (QED) is 0.694. The van der Waals surface area contributed by atoms with Crippen LogP contribution in [0.5, 0.6) is 0 Å². The molecule has 1 fully saturated rings. The molecule has 4 rings (SSSR count). The van der Waals surface area contributed by atoms with Gasteiger partial charge in [-0.05, 0) is 43.0 Å². The Balaban J connectivity index is 1.50. The molecule has 2 aromatic rings. The van der Waals surface area contributed by atoms with Crippen LogP contribution in [0.3, 0.4) is 0 Å². The van der Waals surface area contributed by atoms with Crippen LogP contribution in [0.15, 0.2) is 45.9 Å². The van der Waals surface area contributed by atoms with Crippen LogP contribution in [0.2, 0.25) is 0 Å². The van der Waals surface area contributed by atoms with E-state index in [0.717, 1.165) is 24.0 Å². The molecular formula is C21H26N2O5S.